The van der Waals surface area contributed by atoms with E-state index in [1.165, 1.54) is 12.1 Å². The number of fused-ring (bicyclic) bond motifs is 5. The van der Waals surface area contributed by atoms with Crippen LogP contribution in [0.3, 0.4) is 0 Å². The number of phenols is 2. The van der Waals surface area contributed by atoms with Crippen LogP contribution in [0, 0.1) is 29.1 Å². The Kier molecular flexibility index (Phi) is 13.0. The zero-order valence-electron chi connectivity index (χ0n) is 38.1. The summed E-state index contributed by atoms with van der Waals surface area (Å²) in [7, 11) is -3.09. The summed E-state index contributed by atoms with van der Waals surface area (Å²) >= 11 is 0. The average Bonchev–Trinajstić information content (AvgIpc) is 3.40. The van der Waals surface area contributed by atoms with Crippen LogP contribution >= 0.6 is 0 Å². The third kappa shape index (κ3) is 7.75. The van der Waals surface area contributed by atoms with E-state index in [-0.39, 0.29) is 54.7 Å². The number of benzene rings is 2. The number of Topliss-reactive ketones (excluding diaryl/α,β-unsaturated/α-hetero) is 1. The van der Waals surface area contributed by atoms with Gasteiger partial charge in [0.2, 0.25) is 5.79 Å². The number of ether oxygens (including phenoxy) is 3. The predicted octanol–water partition coefficient (Wildman–Crippen LogP) is 2.87. The van der Waals surface area contributed by atoms with Crippen LogP contribution in [-0.2, 0) is 31.1 Å². The topological polar surface area (TPSA) is 302 Å². The van der Waals surface area contributed by atoms with Crippen molar-refractivity contribution in [3.8, 4) is 17.2 Å². The maximum atomic E-state index is 12.9. The fourth-order valence-electron chi connectivity index (χ4n) is 13.6. The summed E-state index contributed by atoms with van der Waals surface area (Å²) in [5.74, 6) is -3.81. The first-order valence-electron chi connectivity index (χ1n) is 22.5. The number of carbonyl (C=O) groups excluding carboxylic acids is 2. The normalized spacial score (nSPS) is 42.2. The van der Waals surface area contributed by atoms with Crippen molar-refractivity contribution in [3.05, 3.63) is 65.2 Å². The van der Waals surface area contributed by atoms with Crippen LogP contribution in [0.15, 0.2) is 54.1 Å². The molecule has 66 heavy (non-hydrogen) atoms. The number of phenolic OH excluding ortho intramolecular Hbond substituents is 2. The third-order valence-corrected chi connectivity index (χ3v) is 16.9. The smallest absolute Gasteiger partial charge is 0.394 e. The Morgan fingerprint density at radius 1 is 0.894 bits per heavy atom. The monoisotopic (exact) mass is 947 g/mol. The van der Waals surface area contributed by atoms with Crippen molar-refractivity contribution in [2.75, 3.05) is 20.2 Å². The van der Waals surface area contributed by atoms with E-state index in [1.54, 1.807) is 58.2 Å². The molecule has 2 aromatic carbocycles. The Labute approximate surface area is 384 Å². The number of carbonyl (C=O) groups is 2. The number of aliphatic hydroxyl groups excluding tert-OH is 1. The first-order chi connectivity index (χ1) is 30.6. The summed E-state index contributed by atoms with van der Waals surface area (Å²) in [5.41, 5.74) is -7.92. The van der Waals surface area contributed by atoms with E-state index in [2.05, 4.69) is 11.8 Å². The number of allylic oxidation sites excluding steroid dienone is 1. The van der Waals surface area contributed by atoms with Crippen molar-refractivity contribution in [1.82, 2.24) is 4.90 Å². The first kappa shape index (κ1) is 50.2. The SMILES string of the molecule is CC=C(C)C(=O)OC1CCC2(C)C3CCC4C5(O)CC(O)C6(O)C(CN7CC(C)CCC7C6(C)O)C5(O)CC42OC13O.COc1ccc(CC(=O)c2ccc(O)cc2O)cc1.O=S(=O)(O)O. The van der Waals surface area contributed by atoms with Crippen LogP contribution in [0.4, 0.5) is 0 Å². The maximum Gasteiger partial charge on any atom is 0.394 e. The Balaban J connectivity index is 0.000000224. The molecule has 0 amide bonds. The van der Waals surface area contributed by atoms with Gasteiger partial charge in [-0.05, 0) is 95.0 Å². The number of methoxy groups -OCH3 is 1. The summed E-state index contributed by atoms with van der Waals surface area (Å²) in [6.07, 6.45) is 2.48. The van der Waals surface area contributed by atoms with E-state index >= 15 is 0 Å². The molecule has 0 aromatic heterocycles. The minimum Gasteiger partial charge on any atom is -0.508 e. The molecule has 10 N–H and O–H groups in total. The van der Waals surface area contributed by atoms with Gasteiger partial charge >= 0.3 is 16.4 Å². The molecule has 3 saturated heterocycles. The second-order valence-corrected chi connectivity index (χ2v) is 21.2. The quantitative estimate of drug-likeness (QED) is 0.0862. The zero-order chi connectivity index (χ0) is 48.8. The molecule has 1 spiro atoms. The van der Waals surface area contributed by atoms with Gasteiger partial charge in [-0.2, -0.15) is 8.42 Å². The van der Waals surface area contributed by atoms with Crippen LogP contribution in [0.2, 0.25) is 0 Å². The van der Waals surface area contributed by atoms with Crippen LogP contribution < -0.4 is 4.74 Å². The van der Waals surface area contributed by atoms with Crippen molar-refractivity contribution in [3.63, 3.8) is 0 Å². The number of hydrogen-bond acceptors (Lipinski definition) is 16. The van der Waals surface area contributed by atoms with E-state index in [0.717, 1.165) is 23.8 Å². The Hall–Kier alpha value is -3.73. The van der Waals surface area contributed by atoms with Crippen molar-refractivity contribution in [1.29, 1.82) is 0 Å². The van der Waals surface area contributed by atoms with Crippen LogP contribution in [0.1, 0.15) is 102 Å². The van der Waals surface area contributed by atoms with Crippen LogP contribution in [0.25, 0.3) is 0 Å². The molecule has 14 atom stereocenters. The van der Waals surface area contributed by atoms with Gasteiger partial charge in [0, 0.05) is 73.2 Å². The number of hydrogen-bond donors (Lipinski definition) is 10. The molecule has 18 nitrogen and oxygen atoms in total. The molecule has 4 aliphatic carbocycles. The average molecular weight is 948 g/mol. The summed E-state index contributed by atoms with van der Waals surface area (Å²) in [4.78, 5) is 26.9. The molecular weight excluding hydrogens is 883 g/mol. The van der Waals surface area contributed by atoms with Gasteiger partial charge in [0.15, 0.2) is 11.9 Å². The van der Waals surface area contributed by atoms with Crippen molar-refractivity contribution in [2.24, 2.45) is 29.1 Å². The number of aromatic hydroxyl groups is 2. The predicted molar refractivity (Wildman–Crippen MR) is 235 cm³/mol. The lowest BCUT2D eigenvalue weighted by atomic mass is 9.49. The molecule has 7 fully saturated rings. The highest BCUT2D eigenvalue weighted by Crippen LogP contribution is 2.78. The van der Waals surface area contributed by atoms with Crippen molar-refractivity contribution in [2.45, 2.75) is 144 Å². The van der Waals surface area contributed by atoms with Gasteiger partial charge in [-0.1, -0.05) is 32.1 Å². The van der Waals surface area contributed by atoms with Crippen molar-refractivity contribution >= 4 is 22.2 Å². The van der Waals surface area contributed by atoms with Gasteiger partial charge < -0.3 is 55.1 Å². The van der Waals surface area contributed by atoms with Gasteiger partial charge in [-0.25, -0.2) is 4.79 Å². The van der Waals surface area contributed by atoms with E-state index < -0.39 is 85.5 Å². The molecule has 366 valence electrons. The molecule has 2 aromatic rings. The lowest BCUT2D eigenvalue weighted by Gasteiger charge is -2.68. The highest BCUT2D eigenvalue weighted by atomic mass is 32.3. The fraction of sp³-hybridized carbons (Fsp3) is 0.660. The van der Waals surface area contributed by atoms with Gasteiger partial charge in [0.1, 0.15) is 39.7 Å². The van der Waals surface area contributed by atoms with E-state index in [1.807, 2.05) is 6.92 Å². The summed E-state index contributed by atoms with van der Waals surface area (Å²) < 4.78 is 49.2. The highest BCUT2D eigenvalue weighted by Gasteiger charge is 2.88. The van der Waals surface area contributed by atoms with Gasteiger partial charge in [-0.15, -0.1) is 0 Å². The standard InChI is InChI=1S/C32H49NO9.C15H14O4.H2O4S/c1-6-18(3)25(35)41-24-11-12-26(4)19-8-9-20-28(37)13-23(34)31(39)21(29(28,38)16-30(20,26)42-32(19,24)40)15-33-14-17(2)7-10-22(33)27(31,5)36;1-19-12-5-2-10(3-6-12)8-14(17)13-7-4-11(16)9-15(13)18;1-5(2,3)4/h6,17,19-24,34,36-40H,7-16H2,1-5H3;2-7,9,16,18H,8H2,1H3;(H2,1,2,3,4). The summed E-state index contributed by atoms with van der Waals surface area (Å²) in [6, 6.07) is 10.7. The minimum absolute atomic E-state index is 0.0606. The lowest BCUT2D eigenvalue weighted by Crippen LogP contribution is -2.85. The number of esters is 1. The second-order valence-electron chi connectivity index (χ2n) is 20.3. The number of nitrogens with zero attached hydrogens (tertiary/aromatic N) is 1. The first-order valence-corrected chi connectivity index (χ1v) is 23.9. The van der Waals surface area contributed by atoms with E-state index in [4.69, 9.17) is 31.7 Å². The number of piperidine rings is 2. The molecule has 7 aliphatic rings. The van der Waals surface area contributed by atoms with Gasteiger partial charge in [-0.3, -0.25) is 18.8 Å². The van der Waals surface area contributed by atoms with Gasteiger partial charge in [0.05, 0.1) is 24.4 Å². The molecule has 9 rings (SSSR count). The molecule has 3 aliphatic heterocycles. The van der Waals surface area contributed by atoms with Crippen LogP contribution in [0.5, 0.6) is 17.2 Å². The molecular formula is C47H65NO17S. The fourth-order valence-corrected chi connectivity index (χ4v) is 13.6. The van der Waals surface area contributed by atoms with E-state index in [9.17, 15) is 50.4 Å². The second kappa shape index (κ2) is 17.0. The Morgan fingerprint density at radius 3 is 2.14 bits per heavy atom. The molecule has 0 radical (unpaired) electrons. The largest absolute Gasteiger partial charge is 0.508 e. The number of rotatable bonds is 6. The lowest BCUT2D eigenvalue weighted by molar-refractivity contribution is -0.354. The maximum absolute atomic E-state index is 12.9. The summed E-state index contributed by atoms with van der Waals surface area (Å²) in [6.45, 7) is 10.1. The number of aliphatic hydroxyl groups is 6. The highest BCUT2D eigenvalue weighted by molar-refractivity contribution is 7.79. The third-order valence-electron chi connectivity index (χ3n) is 16.9. The minimum atomic E-state index is -4.67. The molecule has 4 saturated carbocycles. The zero-order valence-corrected chi connectivity index (χ0v) is 38.9. The van der Waals surface area contributed by atoms with Crippen molar-refractivity contribution < 1.29 is 82.2 Å². The Morgan fingerprint density at radius 2 is 1.53 bits per heavy atom. The van der Waals surface area contributed by atoms with Crippen LogP contribution in [-0.4, -0.2) is 147 Å². The van der Waals surface area contributed by atoms with Gasteiger partial charge in [0.25, 0.3) is 0 Å². The molecule has 4 bridgehead atoms. The number of ketones is 1. The molecule has 14 unspecified atom stereocenters. The van der Waals surface area contributed by atoms with E-state index in [0.29, 0.717) is 50.1 Å². The Bertz CT molecular complexity index is 2330. The summed E-state index contributed by atoms with van der Waals surface area (Å²) in [5, 5.41) is 92.7. The molecule has 19 heteroatoms. The molecule has 3 heterocycles.